The highest BCUT2D eigenvalue weighted by atomic mass is 16.4. The van der Waals surface area contributed by atoms with Crippen molar-refractivity contribution in [2.24, 2.45) is 4.99 Å². The molecule has 0 aliphatic carbocycles. The third-order valence-electron chi connectivity index (χ3n) is 2.74. The Balaban J connectivity index is 4.08. The van der Waals surface area contributed by atoms with Crippen LogP contribution in [0.2, 0.25) is 0 Å². The molecule has 18 heavy (non-hydrogen) atoms. The number of aliphatic hydroxyl groups is 1. The highest BCUT2D eigenvalue weighted by molar-refractivity contribution is 5.71. The second-order valence-corrected chi connectivity index (χ2v) is 4.36. The molecule has 0 aliphatic rings. The number of hydrogen-bond donors (Lipinski definition) is 2. The fourth-order valence-electron chi connectivity index (χ4n) is 1.63. The number of hydrogen-bond acceptors (Lipinski definition) is 4. The van der Waals surface area contributed by atoms with E-state index >= 15 is 0 Å². The molecule has 0 rings (SSSR count). The molecule has 5 nitrogen and oxygen atoms in total. The monoisotopic (exact) mass is 258 g/mol. The fourth-order valence-corrected chi connectivity index (χ4v) is 1.63. The summed E-state index contributed by atoms with van der Waals surface area (Å²) in [5, 5.41) is 17.4. The first-order valence-electron chi connectivity index (χ1n) is 6.70. The molecule has 0 amide bonds. The van der Waals surface area contributed by atoms with Crippen molar-refractivity contribution in [1.82, 2.24) is 4.90 Å². The Kier molecular flexibility index (Phi) is 10.6. The second kappa shape index (κ2) is 11.2. The Morgan fingerprint density at radius 2 is 2.06 bits per heavy atom. The van der Waals surface area contributed by atoms with E-state index in [1.165, 1.54) is 0 Å². The lowest BCUT2D eigenvalue weighted by Gasteiger charge is -2.25. The molecule has 0 aromatic carbocycles. The number of carbonyl (C=O) groups is 1. The van der Waals surface area contributed by atoms with Crippen molar-refractivity contribution in [3.8, 4) is 0 Å². The van der Waals surface area contributed by atoms with Crippen LogP contribution >= 0.6 is 0 Å². The minimum absolute atomic E-state index is 0.0527. The van der Waals surface area contributed by atoms with Crippen molar-refractivity contribution in [2.75, 3.05) is 19.7 Å². The van der Waals surface area contributed by atoms with Gasteiger partial charge in [-0.15, -0.1) is 0 Å². The van der Waals surface area contributed by atoms with Crippen LogP contribution in [0.3, 0.4) is 0 Å². The van der Waals surface area contributed by atoms with Crippen molar-refractivity contribution in [2.45, 2.75) is 52.1 Å². The van der Waals surface area contributed by atoms with Crippen molar-refractivity contribution in [3.63, 3.8) is 0 Å². The predicted octanol–water partition coefficient (Wildman–Crippen LogP) is 1.75. The molecular formula is C13H26N2O3. The zero-order valence-electron chi connectivity index (χ0n) is 11.5. The zero-order valence-corrected chi connectivity index (χ0v) is 11.5. The van der Waals surface area contributed by atoms with E-state index < -0.39 is 5.97 Å². The molecule has 0 aromatic heterocycles. The first-order chi connectivity index (χ1) is 8.61. The first kappa shape index (κ1) is 17.1. The Labute approximate surface area is 110 Å². The second-order valence-electron chi connectivity index (χ2n) is 4.36. The van der Waals surface area contributed by atoms with E-state index in [4.69, 9.17) is 10.2 Å². The van der Waals surface area contributed by atoms with E-state index in [0.717, 1.165) is 32.4 Å². The molecule has 1 unspecified atom stereocenters. The topological polar surface area (TPSA) is 73.1 Å². The smallest absolute Gasteiger partial charge is 0.303 e. The summed E-state index contributed by atoms with van der Waals surface area (Å²) in [5.41, 5.74) is 0. The molecule has 0 bridgehead atoms. The van der Waals surface area contributed by atoms with Crippen molar-refractivity contribution in [1.29, 1.82) is 0 Å². The Morgan fingerprint density at radius 1 is 1.39 bits per heavy atom. The number of rotatable bonds is 11. The maximum atomic E-state index is 10.4. The highest BCUT2D eigenvalue weighted by Crippen LogP contribution is 2.05. The van der Waals surface area contributed by atoms with Gasteiger partial charge in [0.05, 0.1) is 12.6 Å². The number of aliphatic imine (C=N–C) groups is 1. The molecule has 0 spiro atoms. The summed E-state index contributed by atoms with van der Waals surface area (Å²) >= 11 is 0. The third kappa shape index (κ3) is 9.13. The molecule has 0 radical (unpaired) electrons. The van der Waals surface area contributed by atoms with Gasteiger partial charge in [0.15, 0.2) is 0 Å². The van der Waals surface area contributed by atoms with Gasteiger partial charge >= 0.3 is 5.97 Å². The standard InChI is InChI=1S/C13H26N2O3/c1-3-4-9-15(10-6-11-16)12(2)14-8-5-7-13(17)18/h8,12,16H,3-7,9-11H2,1-2H3,(H,17,18). The number of carboxylic acids is 1. The Hall–Kier alpha value is -0.940. The van der Waals surface area contributed by atoms with Crippen LogP contribution in [-0.2, 0) is 4.79 Å². The maximum absolute atomic E-state index is 10.4. The van der Waals surface area contributed by atoms with Crippen LogP contribution < -0.4 is 0 Å². The number of carboxylic acid groups (broad SMARTS) is 1. The van der Waals surface area contributed by atoms with Crippen molar-refractivity contribution >= 4 is 12.2 Å². The SMILES string of the molecule is CCCCN(CCCO)C(C)N=CCCC(=O)O. The summed E-state index contributed by atoms with van der Waals surface area (Å²) in [7, 11) is 0. The van der Waals surface area contributed by atoms with E-state index in [1.54, 1.807) is 6.21 Å². The average molecular weight is 258 g/mol. The van der Waals surface area contributed by atoms with Crippen molar-refractivity contribution < 1.29 is 15.0 Å². The molecule has 0 fully saturated rings. The van der Waals surface area contributed by atoms with E-state index in [0.29, 0.717) is 6.42 Å². The minimum Gasteiger partial charge on any atom is -0.481 e. The summed E-state index contributed by atoms with van der Waals surface area (Å²) in [6.07, 6.45) is 5.33. The van der Waals surface area contributed by atoms with Crippen LogP contribution in [0.1, 0.15) is 46.0 Å². The number of nitrogens with zero attached hydrogens (tertiary/aromatic N) is 2. The average Bonchev–Trinajstić information content (AvgIpc) is 2.34. The molecular weight excluding hydrogens is 232 g/mol. The lowest BCUT2D eigenvalue weighted by atomic mass is 10.2. The summed E-state index contributed by atoms with van der Waals surface area (Å²) in [4.78, 5) is 16.9. The molecule has 0 heterocycles. The van der Waals surface area contributed by atoms with Crippen molar-refractivity contribution in [3.05, 3.63) is 0 Å². The third-order valence-corrected chi connectivity index (χ3v) is 2.74. The van der Waals surface area contributed by atoms with Gasteiger partial charge in [-0.3, -0.25) is 14.7 Å². The van der Waals surface area contributed by atoms with Gasteiger partial charge in [-0.05, 0) is 26.2 Å². The Morgan fingerprint density at radius 3 is 2.61 bits per heavy atom. The van der Waals surface area contributed by atoms with Gasteiger partial charge in [-0.1, -0.05) is 13.3 Å². The lowest BCUT2D eigenvalue weighted by molar-refractivity contribution is -0.136. The molecule has 5 heteroatoms. The lowest BCUT2D eigenvalue weighted by Crippen LogP contribution is -2.34. The zero-order chi connectivity index (χ0) is 13.8. The van der Waals surface area contributed by atoms with E-state index in [2.05, 4.69) is 16.8 Å². The largest absolute Gasteiger partial charge is 0.481 e. The molecule has 0 aromatic rings. The van der Waals surface area contributed by atoms with E-state index in [9.17, 15) is 4.79 Å². The molecule has 0 aliphatic heterocycles. The minimum atomic E-state index is -0.794. The van der Waals surface area contributed by atoms with Gasteiger partial charge in [0.2, 0.25) is 0 Å². The van der Waals surface area contributed by atoms with Gasteiger partial charge in [-0.2, -0.15) is 0 Å². The van der Waals surface area contributed by atoms with Gasteiger partial charge in [0.1, 0.15) is 0 Å². The first-order valence-corrected chi connectivity index (χ1v) is 6.70. The number of unbranched alkanes of at least 4 members (excludes halogenated alkanes) is 1. The molecule has 0 saturated carbocycles. The number of aliphatic carboxylic acids is 1. The van der Waals surface area contributed by atoms with Gasteiger partial charge in [0.25, 0.3) is 0 Å². The molecule has 2 N–H and O–H groups in total. The van der Waals surface area contributed by atoms with E-state index in [1.807, 2.05) is 6.92 Å². The summed E-state index contributed by atoms with van der Waals surface area (Å²) in [6, 6.07) is 0. The van der Waals surface area contributed by atoms with Gasteiger partial charge in [-0.25, -0.2) is 0 Å². The summed E-state index contributed by atoms with van der Waals surface area (Å²) in [6.45, 7) is 6.13. The quantitative estimate of drug-likeness (QED) is 0.554. The summed E-state index contributed by atoms with van der Waals surface area (Å²) < 4.78 is 0. The van der Waals surface area contributed by atoms with Gasteiger partial charge in [0, 0.05) is 25.9 Å². The predicted molar refractivity (Wildman–Crippen MR) is 73.0 cm³/mol. The number of aliphatic hydroxyl groups excluding tert-OH is 1. The molecule has 106 valence electrons. The highest BCUT2D eigenvalue weighted by Gasteiger charge is 2.10. The fraction of sp³-hybridized carbons (Fsp3) is 0.846. The van der Waals surface area contributed by atoms with Crippen LogP contribution in [0.15, 0.2) is 4.99 Å². The Bertz CT molecular complexity index is 236. The normalized spacial score (nSPS) is 13.3. The maximum Gasteiger partial charge on any atom is 0.303 e. The van der Waals surface area contributed by atoms with Gasteiger partial charge < -0.3 is 10.2 Å². The van der Waals surface area contributed by atoms with E-state index in [-0.39, 0.29) is 19.2 Å². The van der Waals surface area contributed by atoms with Crippen LogP contribution in [-0.4, -0.2) is 53.2 Å². The van der Waals surface area contributed by atoms with Crippen LogP contribution in [0.4, 0.5) is 0 Å². The summed E-state index contributed by atoms with van der Waals surface area (Å²) in [5.74, 6) is -0.794. The van der Waals surface area contributed by atoms with Crippen LogP contribution in [0.25, 0.3) is 0 Å². The molecule has 0 saturated heterocycles. The van der Waals surface area contributed by atoms with Crippen LogP contribution in [0, 0.1) is 0 Å². The van der Waals surface area contributed by atoms with Crippen LogP contribution in [0.5, 0.6) is 0 Å². The molecule has 1 atom stereocenters.